The van der Waals surface area contributed by atoms with E-state index >= 15 is 0 Å². The molecule has 0 aromatic heterocycles. The second-order valence-corrected chi connectivity index (χ2v) is 5.22. The van der Waals surface area contributed by atoms with Crippen LogP contribution in [-0.2, 0) is 0 Å². The van der Waals surface area contributed by atoms with E-state index in [1.807, 2.05) is 38.1 Å². The molecule has 0 saturated carbocycles. The highest BCUT2D eigenvalue weighted by Crippen LogP contribution is 2.23. The maximum absolute atomic E-state index is 10.6. The van der Waals surface area contributed by atoms with Crippen LogP contribution < -0.4 is 9.81 Å². The lowest BCUT2D eigenvalue weighted by molar-refractivity contribution is -0.384. The Hall–Kier alpha value is -3.45. The van der Waals surface area contributed by atoms with Crippen molar-refractivity contribution in [3.8, 4) is 0 Å². The molecule has 0 heterocycles. The Kier molecular flexibility index (Phi) is 10.4. The summed E-state index contributed by atoms with van der Waals surface area (Å²) in [5, 5.41) is 26.4. The minimum absolute atomic E-state index is 0.0279. The molecule has 0 atom stereocenters. The lowest BCUT2D eigenvalue weighted by Gasteiger charge is -2.21. The molecular formula is C19H26N7O2+. The number of nitro benzene ring substituents is 1. The molecule has 0 radical (unpaired) electrons. The van der Waals surface area contributed by atoms with Gasteiger partial charge in [-0.3, -0.25) is 10.1 Å². The van der Waals surface area contributed by atoms with Gasteiger partial charge < -0.3 is 4.90 Å². The topological polar surface area (TPSA) is 110 Å². The lowest BCUT2D eigenvalue weighted by Crippen LogP contribution is -2.25. The smallest absolute Gasteiger partial charge is 0.269 e. The molecule has 0 unspecified atom stereocenters. The molecule has 0 aliphatic heterocycles. The van der Waals surface area contributed by atoms with Gasteiger partial charge in [-0.15, -0.1) is 0 Å². The number of likely N-dealkylation sites (N-methyl/N-ethyl adjacent to an activating group) is 1. The predicted octanol–water partition coefficient (Wildman–Crippen LogP) is 5.46. The van der Waals surface area contributed by atoms with E-state index in [0.29, 0.717) is 17.9 Å². The van der Waals surface area contributed by atoms with Crippen molar-refractivity contribution >= 4 is 22.7 Å². The normalized spacial score (nSPS) is 9.86. The van der Waals surface area contributed by atoms with Crippen LogP contribution in [0.25, 0.3) is 0 Å². The van der Waals surface area contributed by atoms with Crippen molar-refractivity contribution in [3.63, 3.8) is 0 Å². The largest absolute Gasteiger partial charge is 0.370 e. The van der Waals surface area contributed by atoms with Crippen molar-refractivity contribution in [2.45, 2.75) is 20.8 Å². The summed E-state index contributed by atoms with van der Waals surface area (Å²) in [6, 6.07) is 13.6. The quantitative estimate of drug-likeness (QED) is 0.260. The summed E-state index contributed by atoms with van der Waals surface area (Å²) in [7, 11) is 1.59. The second-order valence-electron chi connectivity index (χ2n) is 5.22. The molecule has 2 aromatic rings. The van der Waals surface area contributed by atoms with Gasteiger partial charge in [0, 0.05) is 30.9 Å². The van der Waals surface area contributed by atoms with Crippen LogP contribution in [0.5, 0.6) is 0 Å². The molecule has 0 aliphatic rings. The molecule has 28 heavy (non-hydrogen) atoms. The number of nitro groups is 1. The van der Waals surface area contributed by atoms with Crippen molar-refractivity contribution < 1.29 is 4.92 Å². The summed E-state index contributed by atoms with van der Waals surface area (Å²) < 4.78 is 0. The zero-order valence-corrected chi connectivity index (χ0v) is 16.7. The monoisotopic (exact) mass is 384 g/mol. The predicted molar refractivity (Wildman–Crippen MR) is 111 cm³/mol. The summed E-state index contributed by atoms with van der Waals surface area (Å²) in [5.41, 5.74) is 2.35. The molecule has 2 rings (SSSR count). The zero-order chi connectivity index (χ0) is 20.8. The van der Waals surface area contributed by atoms with Crippen LogP contribution in [0, 0.1) is 10.1 Å². The van der Waals surface area contributed by atoms with Gasteiger partial charge in [0.2, 0.25) is 4.91 Å². The van der Waals surface area contributed by atoms with Crippen LogP contribution in [0.1, 0.15) is 20.8 Å². The van der Waals surface area contributed by atoms with Gasteiger partial charge in [-0.25, -0.2) is 0 Å². The lowest BCUT2D eigenvalue weighted by atomic mass is 10.2. The highest BCUT2D eigenvalue weighted by Gasteiger charge is 2.05. The summed E-state index contributed by atoms with van der Waals surface area (Å²) in [5.74, 6) is 0. The Balaban J connectivity index is 0.00000190. The third-order valence-electron chi connectivity index (χ3n) is 3.56. The second kappa shape index (κ2) is 12.8. The standard InChI is InChI=1S/C17H20N7O2.C2H6/c1-3-23(13-12-19-22-18-2)16-8-4-14(5-9-16)20-21-15-6-10-17(11-7-15)24(25)26;1-2/h4-11H,3,12-13H2,1-2H3;1-2H3/q+1;. The fourth-order valence-electron chi connectivity index (χ4n) is 2.23. The van der Waals surface area contributed by atoms with Gasteiger partial charge in [0.15, 0.2) is 0 Å². The highest BCUT2D eigenvalue weighted by molar-refractivity contribution is 5.53. The van der Waals surface area contributed by atoms with E-state index < -0.39 is 4.92 Å². The summed E-state index contributed by atoms with van der Waals surface area (Å²) in [4.78, 5) is 16.0. The van der Waals surface area contributed by atoms with Crippen molar-refractivity contribution in [2.24, 2.45) is 20.5 Å². The van der Waals surface area contributed by atoms with Crippen LogP contribution in [0.3, 0.4) is 0 Å². The number of nitrogens with zero attached hydrogens (tertiary/aromatic N) is 7. The fraction of sp³-hybridized carbons (Fsp3) is 0.368. The highest BCUT2D eigenvalue weighted by atomic mass is 16.6. The molecule has 9 heteroatoms. The number of anilines is 1. The first-order valence-electron chi connectivity index (χ1n) is 9.11. The van der Waals surface area contributed by atoms with Gasteiger partial charge in [0.25, 0.3) is 5.69 Å². The van der Waals surface area contributed by atoms with Crippen molar-refractivity contribution in [3.05, 3.63) is 58.6 Å². The molecular weight excluding hydrogens is 358 g/mol. The van der Waals surface area contributed by atoms with E-state index in [9.17, 15) is 10.1 Å². The minimum Gasteiger partial charge on any atom is -0.370 e. The van der Waals surface area contributed by atoms with Crippen molar-refractivity contribution in [2.75, 3.05) is 31.6 Å². The summed E-state index contributed by atoms with van der Waals surface area (Å²) >= 11 is 0. The van der Waals surface area contributed by atoms with Crippen LogP contribution in [0.4, 0.5) is 22.7 Å². The molecule has 0 aliphatic carbocycles. The minimum atomic E-state index is -0.447. The first-order valence-corrected chi connectivity index (χ1v) is 9.11. The van der Waals surface area contributed by atoms with Gasteiger partial charge in [-0.2, -0.15) is 10.2 Å². The third-order valence-corrected chi connectivity index (χ3v) is 3.56. The maximum atomic E-state index is 10.6. The van der Waals surface area contributed by atoms with Crippen LogP contribution in [-0.4, -0.2) is 31.6 Å². The number of rotatable bonds is 8. The van der Waals surface area contributed by atoms with E-state index in [1.54, 1.807) is 19.2 Å². The Morgan fingerprint density at radius 1 is 1.00 bits per heavy atom. The van der Waals surface area contributed by atoms with Gasteiger partial charge in [-0.1, -0.05) is 13.8 Å². The molecule has 0 spiro atoms. The molecule has 0 saturated heterocycles. The number of non-ortho nitro benzene ring substituents is 1. The Bertz CT molecular complexity index is 811. The maximum Gasteiger partial charge on any atom is 0.269 e. The van der Waals surface area contributed by atoms with E-state index in [2.05, 4.69) is 37.2 Å². The van der Waals surface area contributed by atoms with E-state index in [1.165, 1.54) is 12.1 Å². The third kappa shape index (κ3) is 7.43. The molecule has 0 amide bonds. The van der Waals surface area contributed by atoms with Gasteiger partial charge >= 0.3 is 0 Å². The van der Waals surface area contributed by atoms with Crippen molar-refractivity contribution in [1.29, 1.82) is 0 Å². The van der Waals surface area contributed by atoms with E-state index in [-0.39, 0.29) is 5.69 Å². The summed E-state index contributed by atoms with van der Waals surface area (Å²) in [6.07, 6.45) is 0. The molecule has 148 valence electrons. The number of hydrogen-bond acceptors (Lipinski definition) is 7. The van der Waals surface area contributed by atoms with Gasteiger partial charge in [-0.05, 0) is 43.3 Å². The SMILES string of the molecule is CC.CCN(CCN=[N+]=NC)c1ccc(N=Nc2ccc([N+](=O)[O-])cc2)cc1. The fourth-order valence-corrected chi connectivity index (χ4v) is 2.23. The van der Waals surface area contributed by atoms with E-state index in [0.717, 1.165) is 18.8 Å². The Morgan fingerprint density at radius 3 is 2.00 bits per heavy atom. The van der Waals surface area contributed by atoms with Gasteiger partial charge in [0.05, 0.1) is 16.3 Å². The molecule has 0 N–H and O–H groups in total. The molecule has 2 aromatic carbocycles. The summed E-state index contributed by atoms with van der Waals surface area (Å²) in [6.45, 7) is 8.25. The Labute approximate surface area is 164 Å². The van der Waals surface area contributed by atoms with Crippen molar-refractivity contribution in [1.82, 2.24) is 4.91 Å². The molecule has 0 fully saturated rings. The average molecular weight is 384 g/mol. The zero-order valence-electron chi connectivity index (χ0n) is 16.7. The Morgan fingerprint density at radius 2 is 1.54 bits per heavy atom. The number of benzene rings is 2. The van der Waals surface area contributed by atoms with Crippen LogP contribution >= 0.6 is 0 Å². The number of azo groups is 1. The molecule has 0 bridgehead atoms. The first kappa shape index (κ1) is 22.6. The van der Waals surface area contributed by atoms with Crippen LogP contribution in [0.15, 0.2) is 69.0 Å². The van der Waals surface area contributed by atoms with Gasteiger partial charge in [0.1, 0.15) is 23.8 Å². The van der Waals surface area contributed by atoms with E-state index in [4.69, 9.17) is 0 Å². The molecule has 9 nitrogen and oxygen atoms in total. The average Bonchev–Trinajstić information content (AvgIpc) is 2.74. The number of hydrogen-bond donors (Lipinski definition) is 0. The first-order chi connectivity index (χ1) is 13.6. The van der Waals surface area contributed by atoms with Crippen LogP contribution in [0.2, 0.25) is 0 Å².